The van der Waals surface area contributed by atoms with Gasteiger partial charge in [0.1, 0.15) is 5.54 Å². The molecule has 1 heterocycles. The first-order chi connectivity index (χ1) is 9.45. The molecule has 2 amide bonds. The van der Waals surface area contributed by atoms with Crippen LogP contribution in [0.4, 0.5) is 0 Å². The van der Waals surface area contributed by atoms with Crippen molar-refractivity contribution >= 4 is 17.8 Å². The molecule has 2 atom stereocenters. The van der Waals surface area contributed by atoms with Crippen LogP contribution in [-0.4, -0.2) is 33.3 Å². The highest BCUT2D eigenvalue weighted by Crippen LogP contribution is 2.45. The standard InChI is InChI=1S/C15H21NO4/c1-9-4-6-15(7-5-9,14(19)20)16-12(17)10-2-3-11(8-10)13(16)18/h9-11H,2-8H2,1H3,(H,19,20). The first kappa shape index (κ1) is 13.6. The number of carboxylic acids is 1. The Balaban J connectivity index is 1.97. The molecule has 0 spiro atoms. The number of amides is 2. The van der Waals surface area contributed by atoms with Crippen LogP contribution in [0.2, 0.25) is 0 Å². The van der Waals surface area contributed by atoms with Gasteiger partial charge in [0.2, 0.25) is 11.8 Å². The summed E-state index contributed by atoms with van der Waals surface area (Å²) in [5.41, 5.74) is -1.28. The Hall–Kier alpha value is -1.39. The molecule has 5 heteroatoms. The van der Waals surface area contributed by atoms with E-state index in [1.54, 1.807) is 0 Å². The van der Waals surface area contributed by atoms with Crippen molar-refractivity contribution in [2.45, 2.75) is 57.4 Å². The number of hydrogen-bond donors (Lipinski definition) is 1. The van der Waals surface area contributed by atoms with Gasteiger partial charge in [0.05, 0.1) is 0 Å². The Kier molecular flexibility index (Phi) is 3.10. The third-order valence-corrected chi connectivity index (χ3v) is 5.50. The maximum Gasteiger partial charge on any atom is 0.330 e. The first-order valence-corrected chi connectivity index (χ1v) is 7.57. The molecule has 1 saturated heterocycles. The first-order valence-electron chi connectivity index (χ1n) is 7.57. The monoisotopic (exact) mass is 279 g/mol. The Bertz CT molecular complexity index is 442. The van der Waals surface area contributed by atoms with Crippen LogP contribution in [0.3, 0.4) is 0 Å². The molecule has 0 aromatic heterocycles. The molecule has 3 aliphatic rings. The highest BCUT2D eigenvalue weighted by molar-refractivity contribution is 6.05. The summed E-state index contributed by atoms with van der Waals surface area (Å²) in [5.74, 6) is -1.27. The van der Waals surface area contributed by atoms with Crippen LogP contribution >= 0.6 is 0 Å². The molecule has 2 bridgehead atoms. The molecule has 0 radical (unpaired) electrons. The minimum atomic E-state index is -1.28. The predicted octanol–water partition coefficient (Wildman–Crippen LogP) is 1.80. The van der Waals surface area contributed by atoms with E-state index in [1.807, 2.05) is 0 Å². The average molecular weight is 279 g/mol. The zero-order valence-electron chi connectivity index (χ0n) is 11.8. The van der Waals surface area contributed by atoms with Crippen molar-refractivity contribution in [3.63, 3.8) is 0 Å². The topological polar surface area (TPSA) is 74.7 Å². The van der Waals surface area contributed by atoms with Crippen molar-refractivity contribution in [2.75, 3.05) is 0 Å². The molecule has 0 aromatic carbocycles. The lowest BCUT2D eigenvalue weighted by molar-refractivity contribution is -0.175. The number of likely N-dealkylation sites (tertiary alicyclic amines) is 1. The summed E-state index contributed by atoms with van der Waals surface area (Å²) in [6.07, 6.45) is 4.42. The van der Waals surface area contributed by atoms with Gasteiger partial charge in [-0.25, -0.2) is 4.79 Å². The van der Waals surface area contributed by atoms with Gasteiger partial charge in [0.25, 0.3) is 0 Å². The van der Waals surface area contributed by atoms with E-state index >= 15 is 0 Å². The van der Waals surface area contributed by atoms with Gasteiger partial charge in [-0.2, -0.15) is 0 Å². The smallest absolute Gasteiger partial charge is 0.330 e. The molecule has 3 fully saturated rings. The molecule has 20 heavy (non-hydrogen) atoms. The quantitative estimate of drug-likeness (QED) is 0.782. The third-order valence-electron chi connectivity index (χ3n) is 5.50. The van der Waals surface area contributed by atoms with E-state index < -0.39 is 11.5 Å². The van der Waals surface area contributed by atoms with E-state index in [-0.39, 0.29) is 23.7 Å². The Morgan fingerprint density at radius 1 is 1.10 bits per heavy atom. The fraction of sp³-hybridized carbons (Fsp3) is 0.800. The van der Waals surface area contributed by atoms with E-state index in [9.17, 15) is 19.5 Å². The number of piperidine rings is 1. The Morgan fingerprint density at radius 3 is 2.05 bits per heavy atom. The molecular weight excluding hydrogens is 258 g/mol. The van der Waals surface area contributed by atoms with Crippen molar-refractivity contribution in [1.29, 1.82) is 0 Å². The Morgan fingerprint density at radius 2 is 1.60 bits per heavy atom. The van der Waals surface area contributed by atoms with Gasteiger partial charge < -0.3 is 5.11 Å². The van der Waals surface area contributed by atoms with Crippen LogP contribution in [0.1, 0.15) is 51.9 Å². The lowest BCUT2D eigenvalue weighted by Gasteiger charge is -2.46. The molecule has 1 N–H and O–H groups in total. The number of imide groups is 1. The van der Waals surface area contributed by atoms with E-state index in [0.29, 0.717) is 25.2 Å². The molecule has 2 unspecified atom stereocenters. The fourth-order valence-corrected chi connectivity index (χ4v) is 4.10. The van der Waals surface area contributed by atoms with Crippen LogP contribution in [0.5, 0.6) is 0 Å². The molecule has 2 aliphatic carbocycles. The third kappa shape index (κ3) is 1.79. The molecule has 0 aromatic rings. The Labute approximate surface area is 118 Å². The zero-order chi connectivity index (χ0) is 14.5. The minimum absolute atomic E-state index is 0.131. The van der Waals surface area contributed by atoms with Gasteiger partial charge in [0.15, 0.2) is 0 Å². The summed E-state index contributed by atoms with van der Waals surface area (Å²) in [6, 6.07) is 0. The number of carbonyl (C=O) groups excluding carboxylic acids is 2. The number of fused-ring (bicyclic) bond motifs is 2. The van der Waals surface area contributed by atoms with Crippen molar-refractivity contribution in [3.05, 3.63) is 0 Å². The van der Waals surface area contributed by atoms with E-state index in [4.69, 9.17) is 0 Å². The van der Waals surface area contributed by atoms with Crippen molar-refractivity contribution in [3.8, 4) is 0 Å². The van der Waals surface area contributed by atoms with Gasteiger partial charge in [-0.15, -0.1) is 0 Å². The molecule has 1 aliphatic heterocycles. The lowest BCUT2D eigenvalue weighted by Crippen LogP contribution is -2.64. The van der Waals surface area contributed by atoms with Crippen molar-refractivity contribution < 1.29 is 19.5 Å². The maximum atomic E-state index is 12.5. The maximum absolute atomic E-state index is 12.5. The fourth-order valence-electron chi connectivity index (χ4n) is 4.10. The van der Waals surface area contributed by atoms with Crippen molar-refractivity contribution in [1.82, 2.24) is 4.90 Å². The van der Waals surface area contributed by atoms with Crippen LogP contribution in [0.15, 0.2) is 0 Å². The summed E-state index contributed by atoms with van der Waals surface area (Å²) in [6.45, 7) is 2.09. The van der Waals surface area contributed by atoms with Crippen LogP contribution in [-0.2, 0) is 14.4 Å². The number of carboxylic acid groups (broad SMARTS) is 1. The summed E-state index contributed by atoms with van der Waals surface area (Å²) in [7, 11) is 0. The van der Waals surface area contributed by atoms with Crippen LogP contribution in [0.25, 0.3) is 0 Å². The molecule has 110 valence electrons. The van der Waals surface area contributed by atoms with Gasteiger partial charge >= 0.3 is 5.97 Å². The number of hydrogen-bond acceptors (Lipinski definition) is 3. The summed E-state index contributed by atoms with van der Waals surface area (Å²) >= 11 is 0. The molecular formula is C15H21NO4. The van der Waals surface area contributed by atoms with Crippen LogP contribution in [0, 0.1) is 17.8 Å². The van der Waals surface area contributed by atoms with Crippen molar-refractivity contribution in [2.24, 2.45) is 17.8 Å². The minimum Gasteiger partial charge on any atom is -0.479 e. The van der Waals surface area contributed by atoms with Gasteiger partial charge in [-0.3, -0.25) is 14.5 Å². The van der Waals surface area contributed by atoms with Gasteiger partial charge in [-0.05, 0) is 50.9 Å². The second kappa shape index (κ2) is 4.57. The number of nitrogens with zero attached hydrogens (tertiary/aromatic N) is 1. The highest BCUT2D eigenvalue weighted by atomic mass is 16.4. The SMILES string of the molecule is CC1CCC(C(=O)O)(N2C(=O)C3CCC(C3)C2=O)CC1. The lowest BCUT2D eigenvalue weighted by atomic mass is 9.74. The molecule has 2 saturated carbocycles. The van der Waals surface area contributed by atoms with Crippen LogP contribution < -0.4 is 0 Å². The van der Waals surface area contributed by atoms with Gasteiger partial charge in [-0.1, -0.05) is 6.92 Å². The average Bonchev–Trinajstić information content (AvgIpc) is 2.86. The largest absolute Gasteiger partial charge is 0.479 e. The molecule has 3 rings (SSSR count). The second-order valence-corrected chi connectivity index (χ2v) is 6.74. The summed E-state index contributed by atoms with van der Waals surface area (Å²) in [5, 5.41) is 9.71. The highest BCUT2D eigenvalue weighted by Gasteiger charge is 2.57. The summed E-state index contributed by atoms with van der Waals surface area (Å²) in [4.78, 5) is 38.1. The normalized spacial score (nSPS) is 41.0. The zero-order valence-corrected chi connectivity index (χ0v) is 11.8. The van der Waals surface area contributed by atoms with Gasteiger partial charge in [0, 0.05) is 11.8 Å². The number of rotatable bonds is 2. The number of carbonyl (C=O) groups is 3. The second-order valence-electron chi connectivity index (χ2n) is 6.74. The molecule has 5 nitrogen and oxygen atoms in total. The van der Waals surface area contributed by atoms with E-state index in [0.717, 1.165) is 30.6 Å². The van der Waals surface area contributed by atoms with E-state index in [2.05, 4.69) is 6.92 Å². The van der Waals surface area contributed by atoms with E-state index in [1.165, 1.54) is 0 Å². The number of aliphatic carboxylic acids is 1. The predicted molar refractivity (Wildman–Crippen MR) is 70.7 cm³/mol. The summed E-state index contributed by atoms with van der Waals surface area (Å²) < 4.78 is 0.